The van der Waals surface area contributed by atoms with E-state index in [-0.39, 0.29) is 28.4 Å². The maximum absolute atomic E-state index is 12.2. The van der Waals surface area contributed by atoms with E-state index in [0.717, 1.165) is 12.1 Å². The van der Waals surface area contributed by atoms with Crippen LogP contribution in [0.2, 0.25) is 0 Å². The fourth-order valence-electron chi connectivity index (χ4n) is 2.67. The average Bonchev–Trinajstić information content (AvgIpc) is 2.78. The number of hydrogen-bond donors (Lipinski definition) is 2. The van der Waals surface area contributed by atoms with Gasteiger partial charge in [-0.25, -0.2) is 4.79 Å². The molecule has 0 aliphatic carbocycles. The number of nitrogens with zero attached hydrogens (tertiary/aromatic N) is 2. The van der Waals surface area contributed by atoms with Crippen molar-refractivity contribution in [2.24, 2.45) is 0 Å². The molecule has 2 aromatic carbocycles. The van der Waals surface area contributed by atoms with Crippen LogP contribution in [0.1, 0.15) is 17.3 Å². The first kappa shape index (κ1) is 25.0. The summed E-state index contributed by atoms with van der Waals surface area (Å²) in [4.78, 5) is 45.6. The second kappa shape index (κ2) is 12.0. The van der Waals surface area contributed by atoms with Crippen LogP contribution in [0.25, 0.3) is 0 Å². The Bertz CT molecular complexity index is 1040. The van der Waals surface area contributed by atoms with Gasteiger partial charge >= 0.3 is 5.97 Å². The van der Waals surface area contributed by atoms with Crippen LogP contribution in [0.15, 0.2) is 36.4 Å². The highest BCUT2D eigenvalue weighted by Crippen LogP contribution is 2.29. The van der Waals surface area contributed by atoms with Gasteiger partial charge in [-0.1, -0.05) is 0 Å². The van der Waals surface area contributed by atoms with Crippen molar-refractivity contribution < 1.29 is 33.6 Å². The number of nitrogens with one attached hydrogen (secondary N) is 2. The number of methoxy groups -OCH3 is 1. The first-order valence-corrected chi connectivity index (χ1v) is 9.66. The van der Waals surface area contributed by atoms with Crippen LogP contribution < -0.4 is 15.4 Å². The Morgan fingerprint density at radius 1 is 1.00 bits per heavy atom. The van der Waals surface area contributed by atoms with E-state index in [1.165, 1.54) is 31.4 Å². The van der Waals surface area contributed by atoms with Crippen LogP contribution in [-0.4, -0.2) is 55.2 Å². The molecule has 0 aliphatic heterocycles. The summed E-state index contributed by atoms with van der Waals surface area (Å²) in [6.07, 6.45) is 0. The Morgan fingerprint density at radius 2 is 1.67 bits per heavy atom. The number of nitro groups is 2. The van der Waals surface area contributed by atoms with E-state index in [2.05, 4.69) is 10.6 Å². The van der Waals surface area contributed by atoms with Crippen LogP contribution in [0.5, 0.6) is 5.75 Å². The number of esters is 1. The van der Waals surface area contributed by atoms with Crippen molar-refractivity contribution >= 4 is 34.6 Å². The SMILES string of the molecule is CCOc1ccc(NC(=O)COC(=O)c2ccc(NCCOC)c([N+](=O)[O-])c2)c([N+](=O)[O-])c1. The number of hydrogen-bond acceptors (Lipinski definition) is 10. The highest BCUT2D eigenvalue weighted by atomic mass is 16.6. The first-order chi connectivity index (χ1) is 15.8. The Balaban J connectivity index is 2.04. The fourth-order valence-corrected chi connectivity index (χ4v) is 2.67. The van der Waals surface area contributed by atoms with Crippen molar-refractivity contribution in [1.82, 2.24) is 0 Å². The second-order valence-electron chi connectivity index (χ2n) is 6.40. The molecule has 0 atom stereocenters. The number of carbonyl (C=O) groups is 2. The Hall–Kier alpha value is -4.26. The summed E-state index contributed by atoms with van der Waals surface area (Å²) in [7, 11) is 1.49. The van der Waals surface area contributed by atoms with Crippen molar-refractivity contribution in [3.8, 4) is 5.75 Å². The molecular formula is C20H22N4O9. The van der Waals surface area contributed by atoms with Gasteiger partial charge in [0.1, 0.15) is 17.1 Å². The van der Waals surface area contributed by atoms with Crippen molar-refractivity contribution in [1.29, 1.82) is 0 Å². The van der Waals surface area contributed by atoms with Crippen molar-refractivity contribution in [2.75, 3.05) is 44.1 Å². The summed E-state index contributed by atoms with van der Waals surface area (Å²) in [5, 5.41) is 27.7. The number of benzene rings is 2. The molecule has 0 aromatic heterocycles. The number of amides is 1. The van der Waals surface area contributed by atoms with Crippen LogP contribution in [0, 0.1) is 20.2 Å². The third kappa shape index (κ3) is 7.14. The molecular weight excluding hydrogens is 440 g/mol. The highest BCUT2D eigenvalue weighted by molar-refractivity contribution is 5.97. The predicted molar refractivity (Wildman–Crippen MR) is 117 cm³/mol. The second-order valence-corrected chi connectivity index (χ2v) is 6.40. The summed E-state index contributed by atoms with van der Waals surface area (Å²) in [5.41, 5.74) is -0.803. The van der Waals surface area contributed by atoms with Gasteiger partial charge in [0.05, 0.1) is 34.7 Å². The summed E-state index contributed by atoms with van der Waals surface area (Å²) in [6.45, 7) is 1.91. The summed E-state index contributed by atoms with van der Waals surface area (Å²) in [6, 6.07) is 7.56. The topological polar surface area (TPSA) is 172 Å². The molecule has 0 radical (unpaired) electrons. The quantitative estimate of drug-likeness (QED) is 0.207. The number of rotatable bonds is 12. The Kier molecular flexibility index (Phi) is 9.06. The molecule has 0 aliphatic rings. The lowest BCUT2D eigenvalue weighted by molar-refractivity contribution is -0.384. The maximum atomic E-state index is 12.2. The molecule has 33 heavy (non-hydrogen) atoms. The van der Waals surface area contributed by atoms with Gasteiger partial charge in [-0.05, 0) is 31.2 Å². The molecule has 0 saturated heterocycles. The minimum Gasteiger partial charge on any atom is -0.494 e. The van der Waals surface area contributed by atoms with Gasteiger partial charge in [0.2, 0.25) is 0 Å². The van der Waals surface area contributed by atoms with E-state index in [9.17, 15) is 29.8 Å². The molecule has 0 heterocycles. The smallest absolute Gasteiger partial charge is 0.338 e. The fraction of sp³-hybridized carbons (Fsp3) is 0.300. The van der Waals surface area contributed by atoms with E-state index in [4.69, 9.17) is 14.2 Å². The van der Waals surface area contributed by atoms with Crippen molar-refractivity contribution in [2.45, 2.75) is 6.92 Å². The van der Waals surface area contributed by atoms with E-state index >= 15 is 0 Å². The van der Waals surface area contributed by atoms with Crippen LogP contribution in [0.3, 0.4) is 0 Å². The van der Waals surface area contributed by atoms with Crippen molar-refractivity contribution in [3.05, 3.63) is 62.2 Å². The Labute approximate surface area is 187 Å². The molecule has 2 rings (SSSR count). The lowest BCUT2D eigenvalue weighted by Gasteiger charge is -2.10. The molecule has 13 nitrogen and oxygen atoms in total. The number of anilines is 2. The first-order valence-electron chi connectivity index (χ1n) is 9.66. The molecule has 1 amide bonds. The molecule has 0 bridgehead atoms. The number of nitro benzene ring substituents is 2. The predicted octanol–water partition coefficient (Wildman–Crippen LogP) is 2.76. The zero-order valence-electron chi connectivity index (χ0n) is 17.9. The number of carbonyl (C=O) groups excluding carboxylic acids is 2. The number of ether oxygens (including phenoxy) is 3. The zero-order valence-corrected chi connectivity index (χ0v) is 17.9. The van der Waals surface area contributed by atoms with Gasteiger partial charge in [-0.2, -0.15) is 0 Å². The van der Waals surface area contributed by atoms with E-state index in [1.807, 2.05) is 0 Å². The molecule has 0 saturated carbocycles. The van der Waals surface area contributed by atoms with Gasteiger partial charge in [0.15, 0.2) is 6.61 Å². The van der Waals surface area contributed by atoms with Crippen LogP contribution in [-0.2, 0) is 14.3 Å². The maximum Gasteiger partial charge on any atom is 0.338 e. The minimum absolute atomic E-state index is 0.105. The van der Waals surface area contributed by atoms with Crippen LogP contribution in [0.4, 0.5) is 22.7 Å². The van der Waals surface area contributed by atoms with Gasteiger partial charge in [-0.3, -0.25) is 25.0 Å². The van der Waals surface area contributed by atoms with E-state index in [1.54, 1.807) is 6.92 Å². The standard InChI is InChI=1S/C20H22N4O9/c1-3-32-14-5-7-16(18(11-14)24(29)30)22-19(25)12-33-20(26)13-4-6-15(21-8-9-31-2)17(10-13)23(27)28/h4-7,10-11,21H,3,8-9,12H2,1-2H3,(H,22,25). The van der Waals surface area contributed by atoms with Gasteiger partial charge in [-0.15, -0.1) is 0 Å². The van der Waals surface area contributed by atoms with Gasteiger partial charge in [0.25, 0.3) is 17.3 Å². The lowest BCUT2D eigenvalue weighted by atomic mass is 10.1. The highest BCUT2D eigenvalue weighted by Gasteiger charge is 2.21. The zero-order chi connectivity index (χ0) is 24.4. The molecule has 0 unspecified atom stereocenters. The largest absolute Gasteiger partial charge is 0.494 e. The normalized spacial score (nSPS) is 10.2. The average molecular weight is 462 g/mol. The molecule has 2 aromatic rings. The Morgan fingerprint density at radius 3 is 2.30 bits per heavy atom. The summed E-state index contributed by atoms with van der Waals surface area (Å²) < 4.78 is 15.0. The summed E-state index contributed by atoms with van der Waals surface area (Å²) >= 11 is 0. The molecule has 2 N–H and O–H groups in total. The minimum atomic E-state index is -0.974. The van der Waals surface area contributed by atoms with Crippen molar-refractivity contribution in [3.63, 3.8) is 0 Å². The molecule has 176 valence electrons. The van der Waals surface area contributed by atoms with Crippen LogP contribution >= 0.6 is 0 Å². The third-order valence-corrected chi connectivity index (χ3v) is 4.14. The molecule has 13 heteroatoms. The van der Waals surface area contributed by atoms with E-state index in [0.29, 0.717) is 19.8 Å². The van der Waals surface area contributed by atoms with Gasteiger partial charge < -0.3 is 24.8 Å². The summed E-state index contributed by atoms with van der Waals surface area (Å²) in [5.74, 6) is -1.55. The molecule has 0 spiro atoms. The monoisotopic (exact) mass is 462 g/mol. The third-order valence-electron chi connectivity index (χ3n) is 4.14. The molecule has 0 fully saturated rings. The van der Waals surface area contributed by atoms with E-state index < -0.39 is 34.0 Å². The van der Waals surface area contributed by atoms with Gasteiger partial charge in [0, 0.05) is 19.7 Å². The lowest BCUT2D eigenvalue weighted by Crippen LogP contribution is -2.21.